The fourth-order valence-electron chi connectivity index (χ4n) is 2.13. The number of nitrogens with zero attached hydrogens (tertiary/aromatic N) is 2. The molecule has 17 heavy (non-hydrogen) atoms. The predicted molar refractivity (Wildman–Crippen MR) is 69.0 cm³/mol. The molecule has 100 valence electrons. The van der Waals surface area contributed by atoms with Crippen LogP contribution in [0.4, 0.5) is 0 Å². The van der Waals surface area contributed by atoms with E-state index in [0.717, 1.165) is 38.9 Å². The molecule has 1 fully saturated rings. The summed E-state index contributed by atoms with van der Waals surface area (Å²) in [7, 11) is 6.19. The maximum absolute atomic E-state index is 11.6. The van der Waals surface area contributed by atoms with Crippen molar-refractivity contribution in [2.75, 3.05) is 47.4 Å². The van der Waals surface area contributed by atoms with Gasteiger partial charge in [-0.25, -0.2) is 0 Å². The number of hydrogen-bond donors (Lipinski definition) is 0. The van der Waals surface area contributed by atoms with E-state index in [-0.39, 0.29) is 5.97 Å². The Kier molecular flexibility index (Phi) is 6.52. The molecule has 0 aromatic carbocycles. The number of piperidine rings is 1. The number of rotatable bonds is 6. The Morgan fingerprint density at radius 2 is 2.00 bits per heavy atom. The summed E-state index contributed by atoms with van der Waals surface area (Å²) < 4.78 is 5.24. The van der Waals surface area contributed by atoms with Crippen molar-refractivity contribution in [2.45, 2.75) is 25.7 Å². The first kappa shape index (κ1) is 14.5. The van der Waals surface area contributed by atoms with Gasteiger partial charge in [-0.2, -0.15) is 0 Å². The van der Waals surface area contributed by atoms with E-state index < -0.39 is 0 Å². The number of esters is 1. The maximum Gasteiger partial charge on any atom is 0.306 e. The van der Waals surface area contributed by atoms with Gasteiger partial charge in [-0.05, 0) is 59.4 Å². The molecule has 0 aromatic rings. The Bertz CT molecular complexity index is 223. The molecule has 1 aliphatic heterocycles. The zero-order valence-electron chi connectivity index (χ0n) is 11.4. The van der Waals surface area contributed by atoms with E-state index in [1.165, 1.54) is 0 Å². The van der Waals surface area contributed by atoms with Gasteiger partial charge < -0.3 is 14.5 Å². The van der Waals surface area contributed by atoms with Crippen LogP contribution < -0.4 is 0 Å². The highest BCUT2D eigenvalue weighted by molar-refractivity contribution is 5.69. The van der Waals surface area contributed by atoms with Gasteiger partial charge in [-0.3, -0.25) is 4.79 Å². The smallest absolute Gasteiger partial charge is 0.306 e. The van der Waals surface area contributed by atoms with E-state index in [1.807, 2.05) is 14.1 Å². The Labute approximate surface area is 105 Å². The minimum Gasteiger partial charge on any atom is -0.466 e. The molecular weight excluding hydrogens is 216 g/mol. The molecule has 0 saturated carbocycles. The second kappa shape index (κ2) is 7.67. The van der Waals surface area contributed by atoms with Crippen LogP contribution in [0.5, 0.6) is 0 Å². The lowest BCUT2D eigenvalue weighted by Gasteiger charge is -2.28. The van der Waals surface area contributed by atoms with Crippen molar-refractivity contribution in [1.29, 1.82) is 0 Å². The molecule has 1 aliphatic rings. The monoisotopic (exact) mass is 242 g/mol. The SMILES string of the molecule is CN(C)CCCOC(=O)CC1CCN(C)CC1. The highest BCUT2D eigenvalue weighted by atomic mass is 16.5. The molecule has 1 rings (SSSR count). The molecule has 0 bridgehead atoms. The Morgan fingerprint density at radius 1 is 1.35 bits per heavy atom. The normalized spacial score (nSPS) is 18.6. The van der Waals surface area contributed by atoms with Gasteiger partial charge in [0, 0.05) is 13.0 Å². The van der Waals surface area contributed by atoms with Crippen molar-refractivity contribution in [3.05, 3.63) is 0 Å². The lowest BCUT2D eigenvalue weighted by atomic mass is 9.94. The molecule has 0 aromatic heterocycles. The number of carbonyl (C=O) groups excluding carboxylic acids is 1. The minimum atomic E-state index is -0.0155. The van der Waals surface area contributed by atoms with Crippen LogP contribution in [-0.4, -0.2) is 63.2 Å². The number of carbonyl (C=O) groups is 1. The number of ether oxygens (including phenoxy) is 1. The van der Waals surface area contributed by atoms with E-state index in [4.69, 9.17) is 4.74 Å². The van der Waals surface area contributed by atoms with Gasteiger partial charge in [0.15, 0.2) is 0 Å². The third kappa shape index (κ3) is 6.64. The van der Waals surface area contributed by atoms with Gasteiger partial charge in [0.25, 0.3) is 0 Å². The van der Waals surface area contributed by atoms with E-state index in [1.54, 1.807) is 0 Å². The molecule has 4 nitrogen and oxygen atoms in total. The summed E-state index contributed by atoms with van der Waals surface area (Å²) in [6.45, 7) is 3.75. The number of hydrogen-bond acceptors (Lipinski definition) is 4. The summed E-state index contributed by atoms with van der Waals surface area (Å²) in [5.74, 6) is 0.519. The Balaban J connectivity index is 2.04. The average Bonchev–Trinajstić information content (AvgIpc) is 2.27. The standard InChI is InChI=1S/C13H26N2O2/c1-14(2)7-4-10-17-13(16)11-12-5-8-15(3)9-6-12/h12H,4-11H2,1-3H3. The minimum absolute atomic E-state index is 0.0155. The van der Waals surface area contributed by atoms with Crippen molar-refractivity contribution in [2.24, 2.45) is 5.92 Å². The summed E-state index contributed by atoms with van der Waals surface area (Å²) in [6, 6.07) is 0. The third-order valence-electron chi connectivity index (χ3n) is 3.31. The van der Waals surface area contributed by atoms with Crippen LogP contribution in [0.1, 0.15) is 25.7 Å². The summed E-state index contributed by atoms with van der Waals surface area (Å²) in [6.07, 6.45) is 3.79. The van der Waals surface area contributed by atoms with E-state index in [9.17, 15) is 4.79 Å². The van der Waals surface area contributed by atoms with Crippen LogP contribution in [0.15, 0.2) is 0 Å². The van der Waals surface area contributed by atoms with E-state index in [0.29, 0.717) is 18.9 Å². The summed E-state index contributed by atoms with van der Waals surface area (Å²) in [5.41, 5.74) is 0. The highest BCUT2D eigenvalue weighted by Gasteiger charge is 2.19. The first-order valence-electron chi connectivity index (χ1n) is 6.57. The molecule has 0 radical (unpaired) electrons. The van der Waals surface area contributed by atoms with Crippen molar-refractivity contribution in [3.8, 4) is 0 Å². The molecular formula is C13H26N2O2. The third-order valence-corrected chi connectivity index (χ3v) is 3.31. The molecule has 1 saturated heterocycles. The number of likely N-dealkylation sites (tertiary alicyclic amines) is 1. The van der Waals surface area contributed by atoms with Crippen LogP contribution in [0.2, 0.25) is 0 Å². The molecule has 1 heterocycles. The van der Waals surface area contributed by atoms with Crippen LogP contribution in [-0.2, 0) is 9.53 Å². The molecule has 0 spiro atoms. The predicted octanol–water partition coefficient (Wildman–Crippen LogP) is 1.21. The molecule has 0 aliphatic carbocycles. The first-order chi connectivity index (χ1) is 8.08. The van der Waals surface area contributed by atoms with Crippen LogP contribution in [0.25, 0.3) is 0 Å². The quantitative estimate of drug-likeness (QED) is 0.518. The largest absolute Gasteiger partial charge is 0.466 e. The fourth-order valence-corrected chi connectivity index (χ4v) is 2.13. The van der Waals surface area contributed by atoms with Crippen LogP contribution in [0.3, 0.4) is 0 Å². The topological polar surface area (TPSA) is 32.8 Å². The summed E-state index contributed by atoms with van der Waals surface area (Å²) >= 11 is 0. The van der Waals surface area contributed by atoms with Crippen molar-refractivity contribution < 1.29 is 9.53 Å². The molecule has 0 amide bonds. The van der Waals surface area contributed by atoms with Gasteiger partial charge in [0.2, 0.25) is 0 Å². The zero-order valence-corrected chi connectivity index (χ0v) is 11.4. The summed E-state index contributed by atoms with van der Waals surface area (Å²) in [5, 5.41) is 0. The summed E-state index contributed by atoms with van der Waals surface area (Å²) in [4.78, 5) is 16.0. The van der Waals surface area contributed by atoms with E-state index in [2.05, 4.69) is 16.8 Å². The maximum atomic E-state index is 11.6. The van der Waals surface area contributed by atoms with Gasteiger partial charge in [0.1, 0.15) is 0 Å². The van der Waals surface area contributed by atoms with Crippen molar-refractivity contribution >= 4 is 5.97 Å². The second-order valence-electron chi connectivity index (χ2n) is 5.33. The molecule has 0 unspecified atom stereocenters. The van der Waals surface area contributed by atoms with Gasteiger partial charge >= 0.3 is 5.97 Å². The second-order valence-corrected chi connectivity index (χ2v) is 5.33. The van der Waals surface area contributed by atoms with Crippen LogP contribution in [0, 0.1) is 5.92 Å². The van der Waals surface area contributed by atoms with Gasteiger partial charge in [-0.15, -0.1) is 0 Å². The Hall–Kier alpha value is -0.610. The highest BCUT2D eigenvalue weighted by Crippen LogP contribution is 2.19. The zero-order chi connectivity index (χ0) is 12.7. The first-order valence-corrected chi connectivity index (χ1v) is 6.57. The fraction of sp³-hybridized carbons (Fsp3) is 0.923. The average molecular weight is 242 g/mol. The molecule has 0 atom stereocenters. The lowest BCUT2D eigenvalue weighted by Crippen LogP contribution is -2.31. The van der Waals surface area contributed by atoms with Crippen LogP contribution >= 0.6 is 0 Å². The lowest BCUT2D eigenvalue weighted by molar-refractivity contribution is -0.145. The Morgan fingerprint density at radius 3 is 2.59 bits per heavy atom. The molecule has 0 N–H and O–H groups in total. The van der Waals surface area contributed by atoms with Crippen molar-refractivity contribution in [3.63, 3.8) is 0 Å². The van der Waals surface area contributed by atoms with E-state index >= 15 is 0 Å². The van der Waals surface area contributed by atoms with Gasteiger partial charge in [-0.1, -0.05) is 0 Å². The van der Waals surface area contributed by atoms with Crippen molar-refractivity contribution in [1.82, 2.24) is 9.80 Å². The van der Waals surface area contributed by atoms with Gasteiger partial charge in [0.05, 0.1) is 6.61 Å². The molecule has 4 heteroatoms.